The normalized spacial score (nSPS) is 22.5. The number of hydrogen-bond donors (Lipinski definition) is 1. The van der Waals surface area contributed by atoms with Gasteiger partial charge in [-0.05, 0) is 47.7 Å². The van der Waals surface area contributed by atoms with E-state index >= 15 is 4.39 Å². The molecule has 0 saturated heterocycles. The van der Waals surface area contributed by atoms with Crippen LogP contribution >= 0.6 is 11.6 Å². The summed E-state index contributed by atoms with van der Waals surface area (Å²) < 4.78 is 15.1. The lowest BCUT2D eigenvalue weighted by molar-refractivity contribution is 0.0949. The van der Waals surface area contributed by atoms with Gasteiger partial charge in [0.2, 0.25) is 0 Å². The van der Waals surface area contributed by atoms with Gasteiger partial charge in [-0.2, -0.15) is 0 Å². The highest BCUT2D eigenvalue weighted by Gasteiger charge is 2.57. The Morgan fingerprint density at radius 2 is 1.83 bits per heavy atom. The number of halogens is 2. The van der Waals surface area contributed by atoms with Gasteiger partial charge in [-0.25, -0.2) is 4.39 Å². The zero-order valence-electron chi connectivity index (χ0n) is 13.9. The predicted molar refractivity (Wildman–Crippen MR) is 95.2 cm³/mol. The molecule has 1 N–H and O–H groups in total. The van der Waals surface area contributed by atoms with Crippen LogP contribution in [0.2, 0.25) is 5.02 Å². The summed E-state index contributed by atoms with van der Waals surface area (Å²) in [5.74, 6) is 0.137. The number of benzene rings is 2. The molecule has 0 bridgehead atoms. The molecule has 2 aromatic rings. The average molecular weight is 346 g/mol. The Morgan fingerprint density at radius 3 is 2.42 bits per heavy atom. The molecule has 0 aliphatic heterocycles. The minimum atomic E-state index is -1.35. The van der Waals surface area contributed by atoms with Crippen molar-refractivity contribution < 1.29 is 9.18 Å². The molecule has 1 fully saturated rings. The van der Waals surface area contributed by atoms with Crippen LogP contribution in [0.4, 0.5) is 4.39 Å². The monoisotopic (exact) mass is 345 g/mol. The van der Waals surface area contributed by atoms with E-state index < -0.39 is 5.67 Å². The van der Waals surface area contributed by atoms with Crippen molar-refractivity contribution in [3.8, 4) is 0 Å². The van der Waals surface area contributed by atoms with Gasteiger partial charge in [0.05, 0.1) is 0 Å². The molecular weight excluding hydrogens is 325 g/mol. The highest BCUT2D eigenvalue weighted by Crippen LogP contribution is 2.61. The van der Waals surface area contributed by atoms with Gasteiger partial charge in [-0.15, -0.1) is 0 Å². The molecule has 0 aromatic heterocycles. The van der Waals surface area contributed by atoms with E-state index in [-0.39, 0.29) is 11.8 Å². The molecule has 2 atom stereocenters. The molecule has 1 aliphatic rings. The highest BCUT2D eigenvalue weighted by molar-refractivity contribution is 6.30. The van der Waals surface area contributed by atoms with Gasteiger partial charge in [-0.3, -0.25) is 4.79 Å². The van der Waals surface area contributed by atoms with Crippen LogP contribution in [-0.2, 0) is 5.67 Å². The third-order valence-electron chi connectivity index (χ3n) is 4.46. The van der Waals surface area contributed by atoms with E-state index in [0.29, 0.717) is 35.0 Å². The number of rotatable bonds is 5. The van der Waals surface area contributed by atoms with Crippen molar-refractivity contribution in [2.24, 2.45) is 5.92 Å². The summed E-state index contributed by atoms with van der Waals surface area (Å²) >= 11 is 5.89. The summed E-state index contributed by atoms with van der Waals surface area (Å²) in [4.78, 5) is 12.0. The first kappa shape index (κ1) is 17.0. The SMILES string of the molecule is CC(C)CNC(=O)c1ccc(C2(F)CC2c2ccc(Cl)cc2)cc1. The fourth-order valence-corrected chi connectivity index (χ4v) is 3.06. The van der Waals surface area contributed by atoms with Crippen LogP contribution in [0, 0.1) is 5.92 Å². The molecule has 24 heavy (non-hydrogen) atoms. The lowest BCUT2D eigenvalue weighted by atomic mass is 10.0. The zero-order chi connectivity index (χ0) is 17.3. The maximum absolute atomic E-state index is 15.1. The maximum atomic E-state index is 15.1. The second-order valence-corrected chi connectivity index (χ2v) is 7.29. The summed E-state index contributed by atoms with van der Waals surface area (Å²) in [6, 6.07) is 14.2. The van der Waals surface area contributed by atoms with E-state index in [2.05, 4.69) is 5.32 Å². The second kappa shape index (κ2) is 6.56. The number of amides is 1. The van der Waals surface area contributed by atoms with E-state index in [1.165, 1.54) is 0 Å². The molecule has 3 rings (SSSR count). The number of alkyl halides is 1. The second-order valence-electron chi connectivity index (χ2n) is 6.85. The number of carbonyl (C=O) groups is 1. The van der Waals surface area contributed by atoms with Crippen LogP contribution < -0.4 is 5.32 Å². The van der Waals surface area contributed by atoms with Crippen molar-refractivity contribution >= 4 is 17.5 Å². The summed E-state index contributed by atoms with van der Waals surface area (Å²) in [7, 11) is 0. The first-order chi connectivity index (χ1) is 11.4. The van der Waals surface area contributed by atoms with Crippen molar-refractivity contribution in [1.29, 1.82) is 0 Å². The fourth-order valence-electron chi connectivity index (χ4n) is 2.93. The van der Waals surface area contributed by atoms with Crippen LogP contribution in [0.15, 0.2) is 48.5 Å². The van der Waals surface area contributed by atoms with Gasteiger partial charge >= 0.3 is 0 Å². The summed E-state index contributed by atoms with van der Waals surface area (Å²) in [6.45, 7) is 4.72. The molecular formula is C20H21ClFNO. The minimum Gasteiger partial charge on any atom is -0.352 e. The number of nitrogens with one attached hydrogen (secondary N) is 1. The van der Waals surface area contributed by atoms with Crippen molar-refractivity contribution in [3.63, 3.8) is 0 Å². The Hall–Kier alpha value is -1.87. The topological polar surface area (TPSA) is 29.1 Å². The van der Waals surface area contributed by atoms with Crippen LogP contribution in [-0.4, -0.2) is 12.5 Å². The van der Waals surface area contributed by atoms with Gasteiger partial charge in [-0.1, -0.05) is 49.7 Å². The Balaban J connectivity index is 1.70. The van der Waals surface area contributed by atoms with Gasteiger partial charge in [0, 0.05) is 23.0 Å². The zero-order valence-corrected chi connectivity index (χ0v) is 14.6. The molecule has 2 nitrogen and oxygen atoms in total. The first-order valence-corrected chi connectivity index (χ1v) is 8.61. The largest absolute Gasteiger partial charge is 0.352 e. The summed E-state index contributed by atoms with van der Waals surface area (Å²) in [5.41, 5.74) is 0.802. The van der Waals surface area contributed by atoms with Gasteiger partial charge in [0.25, 0.3) is 5.91 Å². The Bertz CT molecular complexity index is 726. The first-order valence-electron chi connectivity index (χ1n) is 8.23. The van der Waals surface area contributed by atoms with Crippen LogP contribution in [0.25, 0.3) is 0 Å². The minimum absolute atomic E-state index is 0.117. The molecule has 1 amide bonds. The van der Waals surface area contributed by atoms with E-state index in [1.807, 2.05) is 26.0 Å². The summed E-state index contributed by atoms with van der Waals surface area (Å²) in [6.07, 6.45) is 0.466. The molecule has 4 heteroatoms. The lowest BCUT2D eigenvalue weighted by Crippen LogP contribution is -2.27. The van der Waals surface area contributed by atoms with Crippen molar-refractivity contribution in [3.05, 3.63) is 70.2 Å². The Kier molecular flexibility index (Phi) is 4.64. The van der Waals surface area contributed by atoms with E-state index in [9.17, 15) is 4.79 Å². The van der Waals surface area contributed by atoms with E-state index in [4.69, 9.17) is 11.6 Å². The number of hydrogen-bond acceptors (Lipinski definition) is 1. The van der Waals surface area contributed by atoms with Crippen molar-refractivity contribution in [1.82, 2.24) is 5.32 Å². The molecule has 0 radical (unpaired) electrons. The molecule has 1 saturated carbocycles. The molecule has 0 spiro atoms. The smallest absolute Gasteiger partial charge is 0.251 e. The molecule has 2 unspecified atom stereocenters. The maximum Gasteiger partial charge on any atom is 0.251 e. The molecule has 1 aliphatic carbocycles. The predicted octanol–water partition coefficient (Wildman–Crippen LogP) is 5.08. The van der Waals surface area contributed by atoms with E-state index in [0.717, 1.165) is 5.56 Å². The van der Waals surface area contributed by atoms with Crippen molar-refractivity contribution in [2.45, 2.75) is 31.9 Å². The van der Waals surface area contributed by atoms with Gasteiger partial charge in [0.15, 0.2) is 0 Å². The average Bonchev–Trinajstić information content (AvgIpc) is 3.26. The lowest BCUT2D eigenvalue weighted by Gasteiger charge is -2.11. The third-order valence-corrected chi connectivity index (χ3v) is 4.72. The summed E-state index contributed by atoms with van der Waals surface area (Å²) in [5, 5.41) is 3.52. The van der Waals surface area contributed by atoms with Crippen LogP contribution in [0.1, 0.15) is 47.7 Å². The van der Waals surface area contributed by atoms with Crippen LogP contribution in [0.3, 0.4) is 0 Å². The third kappa shape index (κ3) is 3.46. The number of carbonyl (C=O) groups excluding carboxylic acids is 1. The Morgan fingerprint density at radius 1 is 1.21 bits per heavy atom. The highest BCUT2D eigenvalue weighted by atomic mass is 35.5. The Labute approximate surface area is 147 Å². The fraction of sp³-hybridized carbons (Fsp3) is 0.350. The molecule has 2 aromatic carbocycles. The van der Waals surface area contributed by atoms with Crippen LogP contribution in [0.5, 0.6) is 0 Å². The standard InChI is InChI=1S/C20H21ClFNO/c1-13(2)12-23-19(24)15-3-7-16(8-4-15)20(22)11-18(20)14-5-9-17(21)10-6-14/h3-10,13,18H,11-12H2,1-2H3,(H,23,24). The quantitative estimate of drug-likeness (QED) is 0.804. The van der Waals surface area contributed by atoms with Crippen molar-refractivity contribution in [2.75, 3.05) is 6.54 Å². The molecule has 0 heterocycles. The van der Waals surface area contributed by atoms with Gasteiger partial charge in [0.1, 0.15) is 5.67 Å². The molecule has 126 valence electrons. The van der Waals surface area contributed by atoms with Gasteiger partial charge < -0.3 is 5.32 Å². The van der Waals surface area contributed by atoms with E-state index in [1.54, 1.807) is 36.4 Å².